The van der Waals surface area contributed by atoms with Crippen LogP contribution in [0.4, 0.5) is 0 Å². The first-order valence-electron chi connectivity index (χ1n) is 4.82. The number of aliphatic hydroxyl groups excluding tert-OH is 1. The second-order valence-corrected chi connectivity index (χ2v) is 3.16. The predicted molar refractivity (Wildman–Crippen MR) is 52.2 cm³/mol. The number of fused-ring (bicyclic) bond motifs is 1. The minimum Gasteiger partial charge on any atom is -0.400 e. The molecule has 4 heteroatoms. The van der Waals surface area contributed by atoms with E-state index in [4.69, 9.17) is 19.3 Å². The summed E-state index contributed by atoms with van der Waals surface area (Å²) < 4.78 is 16.5. The van der Waals surface area contributed by atoms with Gasteiger partial charge in [-0.05, 0) is 6.42 Å². The summed E-state index contributed by atoms with van der Waals surface area (Å²) in [5.74, 6) is 0. The van der Waals surface area contributed by atoms with E-state index >= 15 is 0 Å². The Hall–Kier alpha value is -0.420. The van der Waals surface area contributed by atoms with E-state index in [1.807, 2.05) is 0 Å². The summed E-state index contributed by atoms with van der Waals surface area (Å²) in [6.07, 6.45) is 3.33. The Morgan fingerprint density at radius 3 is 3.00 bits per heavy atom. The van der Waals surface area contributed by atoms with Crippen LogP contribution in [0.2, 0.25) is 0 Å². The van der Waals surface area contributed by atoms with Crippen LogP contribution in [0.25, 0.3) is 0 Å². The van der Waals surface area contributed by atoms with E-state index in [0.29, 0.717) is 13.2 Å². The first-order chi connectivity index (χ1) is 6.92. The molecule has 0 bridgehead atoms. The van der Waals surface area contributed by atoms with Crippen LogP contribution in [-0.4, -0.2) is 50.3 Å². The van der Waals surface area contributed by atoms with Gasteiger partial charge in [0.1, 0.15) is 12.2 Å². The van der Waals surface area contributed by atoms with Gasteiger partial charge in [0.15, 0.2) is 0 Å². The van der Waals surface area contributed by atoms with E-state index in [-0.39, 0.29) is 18.3 Å². The molecule has 2 saturated heterocycles. The van der Waals surface area contributed by atoms with Gasteiger partial charge in [0.05, 0.1) is 19.3 Å². The molecule has 2 aliphatic heterocycles. The maximum atomic E-state index is 7.00. The molecule has 2 rings (SSSR count). The third-order valence-electron chi connectivity index (χ3n) is 2.35. The molecule has 14 heavy (non-hydrogen) atoms. The molecule has 82 valence electrons. The Balaban J connectivity index is 0.000000461. The lowest BCUT2D eigenvalue weighted by Gasteiger charge is -2.15. The van der Waals surface area contributed by atoms with Crippen LogP contribution in [-0.2, 0) is 14.2 Å². The SMILES string of the molecule is C=CCOC1COC2CCOC21.CO. The van der Waals surface area contributed by atoms with Crippen LogP contribution >= 0.6 is 0 Å². The molecule has 2 fully saturated rings. The van der Waals surface area contributed by atoms with Crippen molar-refractivity contribution in [3.63, 3.8) is 0 Å². The summed E-state index contributed by atoms with van der Waals surface area (Å²) in [6, 6.07) is 0. The van der Waals surface area contributed by atoms with Gasteiger partial charge in [0.25, 0.3) is 0 Å². The summed E-state index contributed by atoms with van der Waals surface area (Å²) >= 11 is 0. The molecule has 0 aliphatic carbocycles. The lowest BCUT2D eigenvalue weighted by molar-refractivity contribution is -0.0205. The zero-order valence-electron chi connectivity index (χ0n) is 8.52. The molecule has 2 aliphatic rings. The molecule has 0 aromatic heterocycles. The topological polar surface area (TPSA) is 47.9 Å². The first kappa shape index (κ1) is 11.7. The second-order valence-electron chi connectivity index (χ2n) is 3.16. The van der Waals surface area contributed by atoms with E-state index in [1.54, 1.807) is 6.08 Å². The molecular weight excluding hydrogens is 184 g/mol. The lowest BCUT2D eigenvalue weighted by atomic mass is 10.1. The normalized spacial score (nSPS) is 34.6. The molecule has 3 unspecified atom stereocenters. The van der Waals surface area contributed by atoms with Gasteiger partial charge in [-0.15, -0.1) is 6.58 Å². The fraction of sp³-hybridized carbons (Fsp3) is 0.800. The summed E-state index contributed by atoms with van der Waals surface area (Å²) in [6.45, 7) is 5.66. The molecule has 4 nitrogen and oxygen atoms in total. The first-order valence-corrected chi connectivity index (χ1v) is 4.82. The Bertz CT molecular complexity index is 172. The summed E-state index contributed by atoms with van der Waals surface area (Å²) in [7, 11) is 1.00. The van der Waals surface area contributed by atoms with Gasteiger partial charge >= 0.3 is 0 Å². The van der Waals surface area contributed by atoms with Crippen LogP contribution in [0.15, 0.2) is 12.7 Å². The van der Waals surface area contributed by atoms with Crippen molar-refractivity contribution in [2.45, 2.75) is 24.7 Å². The van der Waals surface area contributed by atoms with Gasteiger partial charge in [-0.25, -0.2) is 0 Å². The third-order valence-corrected chi connectivity index (χ3v) is 2.35. The Labute approximate surface area is 84.5 Å². The molecule has 0 saturated carbocycles. The van der Waals surface area contributed by atoms with Crippen molar-refractivity contribution in [3.05, 3.63) is 12.7 Å². The van der Waals surface area contributed by atoms with Gasteiger partial charge < -0.3 is 19.3 Å². The molecule has 1 N–H and O–H groups in total. The molecule has 0 aromatic rings. The quantitative estimate of drug-likeness (QED) is 0.671. The van der Waals surface area contributed by atoms with Gasteiger partial charge in [-0.1, -0.05) is 6.08 Å². The van der Waals surface area contributed by atoms with E-state index < -0.39 is 0 Å². The van der Waals surface area contributed by atoms with Crippen molar-refractivity contribution < 1.29 is 19.3 Å². The zero-order chi connectivity index (χ0) is 10.4. The fourth-order valence-electron chi connectivity index (χ4n) is 1.76. The second kappa shape index (κ2) is 6.14. The van der Waals surface area contributed by atoms with Gasteiger partial charge in [-0.2, -0.15) is 0 Å². The highest BCUT2D eigenvalue weighted by Crippen LogP contribution is 2.28. The maximum Gasteiger partial charge on any atom is 0.112 e. The highest BCUT2D eigenvalue weighted by molar-refractivity contribution is 4.90. The molecule has 0 spiro atoms. The van der Waals surface area contributed by atoms with Crippen LogP contribution in [0, 0.1) is 0 Å². The minimum atomic E-state index is 0.121. The third kappa shape index (κ3) is 2.54. The van der Waals surface area contributed by atoms with Crippen LogP contribution in [0.1, 0.15) is 6.42 Å². The van der Waals surface area contributed by atoms with Gasteiger partial charge in [-0.3, -0.25) is 0 Å². The summed E-state index contributed by atoms with van der Waals surface area (Å²) in [5, 5.41) is 7.00. The number of hydrogen-bond acceptors (Lipinski definition) is 4. The van der Waals surface area contributed by atoms with Gasteiger partial charge in [0, 0.05) is 13.7 Å². The summed E-state index contributed by atoms with van der Waals surface area (Å²) in [5.41, 5.74) is 0. The van der Waals surface area contributed by atoms with Crippen LogP contribution in [0.5, 0.6) is 0 Å². The van der Waals surface area contributed by atoms with E-state index in [2.05, 4.69) is 6.58 Å². The number of aliphatic hydroxyl groups is 1. The lowest BCUT2D eigenvalue weighted by Crippen LogP contribution is -2.29. The highest BCUT2D eigenvalue weighted by Gasteiger charge is 2.42. The van der Waals surface area contributed by atoms with Crippen LogP contribution in [0.3, 0.4) is 0 Å². The molecule has 0 aromatic carbocycles. The van der Waals surface area contributed by atoms with Crippen LogP contribution < -0.4 is 0 Å². The van der Waals surface area contributed by atoms with Crippen molar-refractivity contribution in [1.29, 1.82) is 0 Å². The van der Waals surface area contributed by atoms with E-state index in [9.17, 15) is 0 Å². The van der Waals surface area contributed by atoms with Gasteiger partial charge in [0.2, 0.25) is 0 Å². The maximum absolute atomic E-state index is 7.00. The standard InChI is InChI=1S/C9H14O3.CH4O/c1-2-4-10-8-6-12-7-3-5-11-9(7)8;1-2/h2,7-9H,1,3-6H2;2H,1H3. The van der Waals surface area contributed by atoms with Crippen molar-refractivity contribution in [2.24, 2.45) is 0 Å². The number of ether oxygens (including phenoxy) is 3. The van der Waals surface area contributed by atoms with E-state index in [0.717, 1.165) is 20.1 Å². The largest absolute Gasteiger partial charge is 0.400 e. The smallest absolute Gasteiger partial charge is 0.112 e. The van der Waals surface area contributed by atoms with Crippen molar-refractivity contribution in [2.75, 3.05) is 26.9 Å². The molecule has 0 amide bonds. The molecule has 0 radical (unpaired) electrons. The monoisotopic (exact) mass is 202 g/mol. The van der Waals surface area contributed by atoms with Crippen molar-refractivity contribution in [1.82, 2.24) is 0 Å². The summed E-state index contributed by atoms with van der Waals surface area (Å²) in [4.78, 5) is 0. The Kier molecular flexibility index (Phi) is 5.11. The van der Waals surface area contributed by atoms with Crippen molar-refractivity contribution >= 4 is 0 Å². The Morgan fingerprint density at radius 1 is 1.50 bits per heavy atom. The van der Waals surface area contributed by atoms with E-state index in [1.165, 1.54) is 0 Å². The fourth-order valence-corrected chi connectivity index (χ4v) is 1.76. The predicted octanol–water partition coefficient (Wildman–Crippen LogP) is 0.354. The van der Waals surface area contributed by atoms with Crippen molar-refractivity contribution in [3.8, 4) is 0 Å². The number of hydrogen-bond donors (Lipinski definition) is 1. The highest BCUT2D eigenvalue weighted by atomic mass is 16.6. The Morgan fingerprint density at radius 2 is 2.29 bits per heavy atom. The molecule has 2 heterocycles. The average Bonchev–Trinajstić information content (AvgIpc) is 2.80. The molecule has 3 atom stereocenters. The average molecular weight is 202 g/mol. The molecular formula is C10H18O4. The zero-order valence-corrected chi connectivity index (χ0v) is 8.52. The number of rotatable bonds is 3. The minimum absolute atomic E-state index is 0.121.